The Morgan fingerprint density at radius 3 is 2.33 bits per heavy atom. The smallest absolute Gasteiger partial charge is 0.246 e. The van der Waals surface area contributed by atoms with Gasteiger partial charge in [0.25, 0.3) is 0 Å². The van der Waals surface area contributed by atoms with E-state index in [-0.39, 0.29) is 18.1 Å². The Morgan fingerprint density at radius 2 is 1.67 bits per heavy atom. The molecule has 4 rings (SSSR count). The first kappa shape index (κ1) is 17.7. The van der Waals surface area contributed by atoms with E-state index in [1.54, 1.807) is 21.3 Å². The third-order valence-electron chi connectivity index (χ3n) is 5.43. The lowest BCUT2D eigenvalue weighted by Gasteiger charge is -2.30. The molecule has 0 radical (unpaired) electrons. The van der Waals surface area contributed by atoms with E-state index in [1.165, 1.54) is 0 Å². The SMILES string of the molecule is COc1ccc(N2C(=O)C3CCCN3C2c2ccc(OC)c(OC)c2)cc1. The normalized spacial score (nSPS) is 22.0. The summed E-state index contributed by atoms with van der Waals surface area (Å²) in [5.41, 5.74) is 1.89. The summed E-state index contributed by atoms with van der Waals surface area (Å²) >= 11 is 0. The fourth-order valence-corrected chi connectivity index (χ4v) is 4.14. The Bertz CT molecular complexity index is 837. The van der Waals surface area contributed by atoms with Crippen molar-refractivity contribution < 1.29 is 19.0 Å². The van der Waals surface area contributed by atoms with Crippen molar-refractivity contribution in [2.24, 2.45) is 0 Å². The molecule has 1 amide bonds. The molecule has 2 fully saturated rings. The number of fused-ring (bicyclic) bond motifs is 1. The average Bonchev–Trinajstić information content (AvgIpc) is 3.29. The molecule has 142 valence electrons. The quantitative estimate of drug-likeness (QED) is 0.811. The molecule has 6 nitrogen and oxygen atoms in total. The van der Waals surface area contributed by atoms with Gasteiger partial charge in [0.15, 0.2) is 11.5 Å². The van der Waals surface area contributed by atoms with Gasteiger partial charge in [-0.05, 0) is 54.8 Å². The highest BCUT2D eigenvalue weighted by Gasteiger charge is 2.49. The van der Waals surface area contributed by atoms with Crippen LogP contribution < -0.4 is 19.1 Å². The van der Waals surface area contributed by atoms with E-state index in [0.29, 0.717) is 11.5 Å². The summed E-state index contributed by atoms with van der Waals surface area (Å²) in [5.74, 6) is 2.27. The lowest BCUT2D eigenvalue weighted by Crippen LogP contribution is -2.32. The molecule has 0 saturated carbocycles. The number of carbonyl (C=O) groups is 1. The van der Waals surface area contributed by atoms with Gasteiger partial charge >= 0.3 is 0 Å². The minimum Gasteiger partial charge on any atom is -0.497 e. The zero-order valence-corrected chi connectivity index (χ0v) is 15.8. The van der Waals surface area contributed by atoms with E-state index < -0.39 is 0 Å². The first-order chi connectivity index (χ1) is 13.2. The van der Waals surface area contributed by atoms with Crippen LogP contribution in [0.25, 0.3) is 0 Å². The van der Waals surface area contributed by atoms with Gasteiger partial charge in [0.2, 0.25) is 5.91 Å². The summed E-state index contributed by atoms with van der Waals surface area (Å²) < 4.78 is 16.1. The molecule has 27 heavy (non-hydrogen) atoms. The van der Waals surface area contributed by atoms with Crippen molar-refractivity contribution in [3.8, 4) is 17.2 Å². The lowest BCUT2D eigenvalue weighted by molar-refractivity contribution is -0.119. The van der Waals surface area contributed by atoms with Gasteiger partial charge in [-0.3, -0.25) is 14.6 Å². The molecule has 2 atom stereocenters. The van der Waals surface area contributed by atoms with E-state index in [4.69, 9.17) is 14.2 Å². The minimum absolute atomic E-state index is 0.0646. The third-order valence-corrected chi connectivity index (χ3v) is 5.43. The molecule has 0 aliphatic carbocycles. The molecule has 2 saturated heterocycles. The van der Waals surface area contributed by atoms with Crippen molar-refractivity contribution in [2.45, 2.75) is 25.0 Å². The van der Waals surface area contributed by atoms with Gasteiger partial charge in [0, 0.05) is 12.2 Å². The van der Waals surface area contributed by atoms with Crippen LogP contribution >= 0.6 is 0 Å². The second-order valence-electron chi connectivity index (χ2n) is 6.79. The highest BCUT2D eigenvalue weighted by atomic mass is 16.5. The Balaban J connectivity index is 1.78. The van der Waals surface area contributed by atoms with E-state index in [9.17, 15) is 4.79 Å². The van der Waals surface area contributed by atoms with E-state index in [0.717, 1.165) is 36.4 Å². The number of amides is 1. The first-order valence-corrected chi connectivity index (χ1v) is 9.12. The second-order valence-corrected chi connectivity index (χ2v) is 6.79. The van der Waals surface area contributed by atoms with Crippen LogP contribution in [-0.2, 0) is 4.79 Å². The molecule has 0 spiro atoms. The van der Waals surface area contributed by atoms with E-state index in [1.807, 2.05) is 47.4 Å². The number of ether oxygens (including phenoxy) is 3. The standard InChI is InChI=1S/C21H24N2O4/c1-25-16-9-7-15(8-10-16)23-20(22-12-4-5-17(22)21(23)24)14-6-11-18(26-2)19(13-14)27-3/h6-11,13,17,20H,4-5,12H2,1-3H3. The zero-order chi connectivity index (χ0) is 19.0. The van der Waals surface area contributed by atoms with Crippen molar-refractivity contribution in [1.29, 1.82) is 0 Å². The largest absolute Gasteiger partial charge is 0.497 e. The molecule has 0 N–H and O–H groups in total. The zero-order valence-electron chi connectivity index (χ0n) is 15.8. The summed E-state index contributed by atoms with van der Waals surface area (Å²) in [6, 6.07) is 13.5. The van der Waals surface area contributed by atoms with E-state index in [2.05, 4.69) is 4.90 Å². The Labute approximate surface area is 159 Å². The summed E-state index contributed by atoms with van der Waals surface area (Å²) in [6.07, 6.45) is 1.78. The Hall–Kier alpha value is -2.73. The maximum absolute atomic E-state index is 13.2. The number of rotatable bonds is 5. The summed E-state index contributed by atoms with van der Waals surface area (Å²) in [7, 11) is 4.89. The maximum atomic E-state index is 13.2. The molecule has 2 aromatic rings. The van der Waals surface area contributed by atoms with Crippen molar-refractivity contribution in [3.05, 3.63) is 48.0 Å². The Morgan fingerprint density at radius 1 is 0.926 bits per heavy atom. The van der Waals surface area contributed by atoms with Crippen LogP contribution in [0.5, 0.6) is 17.2 Å². The summed E-state index contributed by atoms with van der Waals surface area (Å²) in [6.45, 7) is 0.905. The van der Waals surface area contributed by atoms with Gasteiger partial charge in [-0.25, -0.2) is 0 Å². The van der Waals surface area contributed by atoms with Crippen molar-refractivity contribution >= 4 is 11.6 Å². The van der Waals surface area contributed by atoms with Crippen LogP contribution in [-0.4, -0.2) is 44.7 Å². The molecular formula is C21H24N2O4. The second kappa shape index (κ2) is 7.12. The maximum Gasteiger partial charge on any atom is 0.246 e. The predicted molar refractivity (Wildman–Crippen MR) is 102 cm³/mol. The fraction of sp³-hybridized carbons (Fsp3) is 0.381. The fourth-order valence-electron chi connectivity index (χ4n) is 4.14. The molecule has 0 bridgehead atoms. The van der Waals surface area contributed by atoms with Crippen LogP contribution in [0, 0.1) is 0 Å². The minimum atomic E-state index is -0.154. The molecular weight excluding hydrogens is 344 g/mol. The van der Waals surface area contributed by atoms with Gasteiger partial charge < -0.3 is 14.2 Å². The van der Waals surface area contributed by atoms with Gasteiger partial charge in [0.1, 0.15) is 11.9 Å². The van der Waals surface area contributed by atoms with Crippen LogP contribution in [0.2, 0.25) is 0 Å². The lowest BCUT2D eigenvalue weighted by atomic mass is 10.1. The van der Waals surface area contributed by atoms with Crippen molar-refractivity contribution in [1.82, 2.24) is 4.90 Å². The number of hydrogen-bond donors (Lipinski definition) is 0. The summed E-state index contributed by atoms with van der Waals surface area (Å²) in [5, 5.41) is 0. The van der Waals surface area contributed by atoms with Gasteiger partial charge in [-0.1, -0.05) is 6.07 Å². The third kappa shape index (κ3) is 2.90. The van der Waals surface area contributed by atoms with Gasteiger partial charge in [-0.2, -0.15) is 0 Å². The molecule has 2 aromatic carbocycles. The number of methoxy groups -OCH3 is 3. The first-order valence-electron chi connectivity index (χ1n) is 9.12. The number of benzene rings is 2. The molecule has 2 aliphatic rings. The van der Waals surface area contributed by atoms with Crippen LogP contribution in [0.4, 0.5) is 5.69 Å². The van der Waals surface area contributed by atoms with Crippen LogP contribution in [0.3, 0.4) is 0 Å². The highest BCUT2D eigenvalue weighted by molar-refractivity contribution is 6.00. The average molecular weight is 368 g/mol. The summed E-state index contributed by atoms with van der Waals surface area (Å²) in [4.78, 5) is 17.4. The number of nitrogens with zero attached hydrogens (tertiary/aromatic N) is 2. The number of carbonyl (C=O) groups excluding carboxylic acids is 1. The van der Waals surface area contributed by atoms with Crippen molar-refractivity contribution in [3.63, 3.8) is 0 Å². The number of hydrogen-bond acceptors (Lipinski definition) is 5. The topological polar surface area (TPSA) is 51.2 Å². The number of anilines is 1. The Kier molecular flexibility index (Phi) is 4.66. The molecule has 0 aromatic heterocycles. The van der Waals surface area contributed by atoms with Crippen LogP contribution in [0.15, 0.2) is 42.5 Å². The predicted octanol–water partition coefficient (Wildman–Crippen LogP) is 3.22. The molecule has 2 aliphatic heterocycles. The van der Waals surface area contributed by atoms with E-state index >= 15 is 0 Å². The highest BCUT2D eigenvalue weighted by Crippen LogP contribution is 2.44. The van der Waals surface area contributed by atoms with Crippen LogP contribution in [0.1, 0.15) is 24.6 Å². The van der Waals surface area contributed by atoms with Crippen molar-refractivity contribution in [2.75, 3.05) is 32.8 Å². The van der Waals surface area contributed by atoms with Gasteiger partial charge in [-0.15, -0.1) is 0 Å². The molecule has 2 unspecified atom stereocenters. The monoisotopic (exact) mass is 368 g/mol. The van der Waals surface area contributed by atoms with Gasteiger partial charge in [0.05, 0.1) is 27.4 Å². The molecule has 6 heteroatoms. The molecule has 2 heterocycles.